The summed E-state index contributed by atoms with van der Waals surface area (Å²) in [6.45, 7) is 3.81. The predicted molar refractivity (Wildman–Crippen MR) is 89.8 cm³/mol. The Labute approximate surface area is 132 Å². The maximum absolute atomic E-state index is 12.9. The summed E-state index contributed by atoms with van der Waals surface area (Å²) < 4.78 is 0. The molecule has 1 N–H and O–H groups in total. The number of benzene rings is 2. The molecule has 0 aliphatic carbocycles. The average Bonchev–Trinajstić information content (AvgIpc) is 3.07. The Hall–Kier alpha value is -2.29. The Kier molecular flexibility index (Phi) is 4.42. The van der Waals surface area contributed by atoms with Crippen LogP contribution in [0.4, 0.5) is 5.69 Å². The van der Waals surface area contributed by atoms with E-state index in [4.69, 9.17) is 0 Å². The van der Waals surface area contributed by atoms with E-state index in [1.807, 2.05) is 47.4 Å². The smallest absolute Gasteiger partial charge is 0.249 e. The van der Waals surface area contributed by atoms with E-state index in [9.17, 15) is 4.79 Å². The van der Waals surface area contributed by atoms with E-state index < -0.39 is 0 Å². The zero-order valence-corrected chi connectivity index (χ0v) is 13.0. The van der Waals surface area contributed by atoms with Crippen LogP contribution in [-0.4, -0.2) is 23.9 Å². The van der Waals surface area contributed by atoms with Crippen molar-refractivity contribution >= 4 is 11.6 Å². The van der Waals surface area contributed by atoms with E-state index >= 15 is 0 Å². The number of rotatable bonds is 4. The summed E-state index contributed by atoms with van der Waals surface area (Å²) in [4.78, 5) is 14.9. The fraction of sp³-hybridized carbons (Fsp3) is 0.316. The van der Waals surface area contributed by atoms with Gasteiger partial charge < -0.3 is 10.2 Å². The fourth-order valence-electron chi connectivity index (χ4n) is 2.95. The Morgan fingerprint density at radius 3 is 2.45 bits per heavy atom. The predicted octanol–water partition coefficient (Wildman–Crippen LogP) is 3.77. The van der Waals surface area contributed by atoms with Crippen LogP contribution in [0.2, 0.25) is 0 Å². The van der Waals surface area contributed by atoms with Crippen LogP contribution in [0.1, 0.15) is 30.0 Å². The van der Waals surface area contributed by atoms with E-state index in [0.717, 1.165) is 37.2 Å². The van der Waals surface area contributed by atoms with Crippen molar-refractivity contribution in [2.45, 2.75) is 25.8 Å². The van der Waals surface area contributed by atoms with Gasteiger partial charge in [-0.2, -0.15) is 0 Å². The van der Waals surface area contributed by atoms with Crippen molar-refractivity contribution < 1.29 is 4.79 Å². The van der Waals surface area contributed by atoms with Crippen LogP contribution in [0, 0.1) is 6.92 Å². The summed E-state index contributed by atoms with van der Waals surface area (Å²) >= 11 is 0. The average molecular weight is 294 g/mol. The van der Waals surface area contributed by atoms with Gasteiger partial charge in [0.1, 0.15) is 6.04 Å². The highest BCUT2D eigenvalue weighted by Crippen LogP contribution is 2.24. The van der Waals surface area contributed by atoms with Crippen molar-refractivity contribution in [2.24, 2.45) is 0 Å². The maximum atomic E-state index is 12.9. The lowest BCUT2D eigenvalue weighted by molar-refractivity contribution is -0.131. The first-order valence-corrected chi connectivity index (χ1v) is 7.91. The summed E-state index contributed by atoms with van der Waals surface area (Å²) in [7, 11) is 0. The molecule has 0 bridgehead atoms. The lowest BCUT2D eigenvalue weighted by Gasteiger charge is -2.25. The lowest BCUT2D eigenvalue weighted by atomic mass is 10.0. The van der Waals surface area contributed by atoms with E-state index in [1.54, 1.807) is 0 Å². The van der Waals surface area contributed by atoms with Crippen LogP contribution in [0.5, 0.6) is 0 Å². The number of nitrogens with one attached hydrogen (secondary N) is 1. The van der Waals surface area contributed by atoms with Gasteiger partial charge in [0, 0.05) is 18.8 Å². The highest BCUT2D eigenvalue weighted by atomic mass is 16.2. The third-order valence-electron chi connectivity index (χ3n) is 4.13. The number of anilines is 1. The molecule has 114 valence electrons. The highest BCUT2D eigenvalue weighted by molar-refractivity contribution is 5.86. The van der Waals surface area contributed by atoms with Crippen molar-refractivity contribution in [1.82, 2.24) is 4.90 Å². The van der Waals surface area contributed by atoms with Crippen LogP contribution >= 0.6 is 0 Å². The normalized spacial score (nSPS) is 15.6. The first kappa shape index (κ1) is 14.6. The van der Waals surface area contributed by atoms with Crippen LogP contribution in [-0.2, 0) is 4.79 Å². The van der Waals surface area contributed by atoms with Crippen molar-refractivity contribution in [3.63, 3.8) is 0 Å². The molecule has 1 aliphatic rings. The van der Waals surface area contributed by atoms with Gasteiger partial charge in [-0.25, -0.2) is 0 Å². The van der Waals surface area contributed by atoms with Crippen molar-refractivity contribution in [3.8, 4) is 0 Å². The zero-order chi connectivity index (χ0) is 15.4. The van der Waals surface area contributed by atoms with E-state index in [2.05, 4.69) is 24.4 Å². The number of amides is 1. The number of hydrogen-bond acceptors (Lipinski definition) is 2. The van der Waals surface area contributed by atoms with Crippen LogP contribution in [0.3, 0.4) is 0 Å². The number of carbonyl (C=O) groups is 1. The molecule has 1 saturated heterocycles. The molecule has 1 amide bonds. The second kappa shape index (κ2) is 6.65. The maximum Gasteiger partial charge on any atom is 0.249 e. The second-order valence-corrected chi connectivity index (χ2v) is 5.89. The van der Waals surface area contributed by atoms with Crippen molar-refractivity contribution in [2.75, 3.05) is 18.4 Å². The molecule has 1 atom stereocenters. The largest absolute Gasteiger partial charge is 0.370 e. The molecule has 3 rings (SSSR count). The van der Waals surface area contributed by atoms with Crippen molar-refractivity contribution in [1.29, 1.82) is 0 Å². The second-order valence-electron chi connectivity index (χ2n) is 5.89. The first-order chi connectivity index (χ1) is 10.7. The molecule has 2 aromatic rings. The molecule has 1 heterocycles. The summed E-state index contributed by atoms with van der Waals surface area (Å²) in [5.74, 6) is 0.171. The molecule has 1 aliphatic heterocycles. The lowest BCUT2D eigenvalue weighted by Crippen LogP contribution is -2.36. The van der Waals surface area contributed by atoms with Gasteiger partial charge in [-0.15, -0.1) is 0 Å². The molecule has 22 heavy (non-hydrogen) atoms. The van der Waals surface area contributed by atoms with E-state index in [0.29, 0.717) is 0 Å². The third-order valence-corrected chi connectivity index (χ3v) is 4.13. The molecule has 0 saturated carbocycles. The third kappa shape index (κ3) is 3.30. The van der Waals surface area contributed by atoms with Gasteiger partial charge in [-0.1, -0.05) is 42.5 Å². The van der Waals surface area contributed by atoms with Gasteiger partial charge in [0.15, 0.2) is 0 Å². The molecule has 1 fully saturated rings. The summed E-state index contributed by atoms with van der Waals surface area (Å²) in [5, 5.41) is 3.42. The number of likely N-dealkylation sites (tertiary alicyclic amines) is 1. The molecule has 0 aromatic heterocycles. The number of carbonyl (C=O) groups excluding carboxylic acids is 1. The molecule has 1 unspecified atom stereocenters. The Bertz CT molecular complexity index is 633. The van der Waals surface area contributed by atoms with Gasteiger partial charge >= 0.3 is 0 Å². The Morgan fingerprint density at radius 2 is 1.77 bits per heavy atom. The molecule has 2 aromatic carbocycles. The summed E-state index contributed by atoms with van der Waals surface area (Å²) in [6.07, 6.45) is 2.22. The molecular weight excluding hydrogens is 272 g/mol. The molecule has 0 radical (unpaired) electrons. The van der Waals surface area contributed by atoms with Crippen LogP contribution in [0.15, 0.2) is 54.6 Å². The van der Waals surface area contributed by atoms with Gasteiger partial charge in [0.25, 0.3) is 0 Å². The monoisotopic (exact) mass is 294 g/mol. The zero-order valence-electron chi connectivity index (χ0n) is 13.0. The Balaban J connectivity index is 1.87. The summed E-state index contributed by atoms with van der Waals surface area (Å²) in [6, 6.07) is 17.8. The Morgan fingerprint density at radius 1 is 1.05 bits per heavy atom. The van der Waals surface area contributed by atoms with Crippen LogP contribution in [0.25, 0.3) is 0 Å². The van der Waals surface area contributed by atoms with Gasteiger partial charge in [-0.3, -0.25) is 4.79 Å². The van der Waals surface area contributed by atoms with Crippen LogP contribution < -0.4 is 5.32 Å². The number of nitrogens with zero attached hydrogens (tertiary/aromatic N) is 1. The van der Waals surface area contributed by atoms with Gasteiger partial charge in [0.2, 0.25) is 5.91 Å². The quantitative estimate of drug-likeness (QED) is 0.931. The minimum Gasteiger partial charge on any atom is -0.370 e. The highest BCUT2D eigenvalue weighted by Gasteiger charge is 2.27. The first-order valence-electron chi connectivity index (χ1n) is 7.91. The topological polar surface area (TPSA) is 32.3 Å². The summed E-state index contributed by atoms with van der Waals surface area (Å²) in [5.41, 5.74) is 3.19. The molecular formula is C19H22N2O. The minimum absolute atomic E-state index is 0.171. The van der Waals surface area contributed by atoms with Gasteiger partial charge in [0.05, 0.1) is 0 Å². The van der Waals surface area contributed by atoms with Gasteiger partial charge in [-0.05, 0) is 43.0 Å². The number of aryl methyl sites for hydroxylation is 1. The molecule has 3 nitrogen and oxygen atoms in total. The van der Waals surface area contributed by atoms with Crippen molar-refractivity contribution in [3.05, 3.63) is 65.7 Å². The van der Waals surface area contributed by atoms with E-state index in [-0.39, 0.29) is 11.9 Å². The minimum atomic E-state index is -0.318. The molecule has 3 heteroatoms. The SMILES string of the molecule is Cc1cccc(NC(C(=O)N2CCCC2)c2ccccc2)c1. The van der Waals surface area contributed by atoms with E-state index in [1.165, 1.54) is 5.56 Å². The standard InChI is InChI=1S/C19H22N2O/c1-15-8-7-11-17(14-15)20-18(16-9-3-2-4-10-16)19(22)21-12-5-6-13-21/h2-4,7-11,14,18,20H,5-6,12-13H2,1H3. The molecule has 0 spiro atoms. The number of hydrogen-bond donors (Lipinski definition) is 1. The fourth-order valence-corrected chi connectivity index (χ4v) is 2.95.